The molecule has 3 aliphatic heterocycles. The van der Waals surface area contributed by atoms with Crippen molar-refractivity contribution in [3.8, 4) is 0 Å². The Bertz CT molecular complexity index is 772. The van der Waals surface area contributed by atoms with Gasteiger partial charge in [-0.25, -0.2) is 4.79 Å². The van der Waals surface area contributed by atoms with Crippen LogP contribution < -0.4 is 0 Å². The molecule has 0 aromatic rings. The second-order valence-corrected chi connectivity index (χ2v) is 10.2. The van der Waals surface area contributed by atoms with Crippen molar-refractivity contribution in [2.45, 2.75) is 70.4 Å². The molecule has 26 heavy (non-hydrogen) atoms. The van der Waals surface area contributed by atoms with Gasteiger partial charge in [-0.1, -0.05) is 20.8 Å². The molecule has 4 fully saturated rings. The highest BCUT2D eigenvalue weighted by atomic mass is 16.7. The molecule has 142 valence electrons. The molecule has 0 aromatic carbocycles. The first-order valence-corrected chi connectivity index (χ1v) is 10.1. The smallest absolute Gasteiger partial charge is 0.334 e. The Balaban J connectivity index is 1.48. The highest BCUT2D eigenvalue weighted by Crippen LogP contribution is 2.82. The second-order valence-electron chi connectivity index (χ2n) is 10.2. The van der Waals surface area contributed by atoms with E-state index in [9.17, 15) is 9.90 Å². The number of cyclic esters (lactones) is 1. The summed E-state index contributed by atoms with van der Waals surface area (Å²) >= 11 is 0. The van der Waals surface area contributed by atoms with Crippen LogP contribution in [-0.4, -0.2) is 47.7 Å². The summed E-state index contributed by atoms with van der Waals surface area (Å²) in [6, 6.07) is 0. The Labute approximate surface area is 154 Å². The largest absolute Gasteiger partial charge is 0.458 e. The zero-order chi connectivity index (χ0) is 18.3. The first-order valence-electron chi connectivity index (χ1n) is 10.1. The summed E-state index contributed by atoms with van der Waals surface area (Å²) in [6.45, 7) is 9.76. The predicted molar refractivity (Wildman–Crippen MR) is 92.2 cm³/mol. The van der Waals surface area contributed by atoms with E-state index in [4.69, 9.17) is 14.2 Å². The van der Waals surface area contributed by atoms with Crippen molar-refractivity contribution >= 4 is 5.97 Å². The summed E-state index contributed by atoms with van der Waals surface area (Å²) in [5.41, 5.74) is 0.694. The van der Waals surface area contributed by atoms with E-state index in [2.05, 4.69) is 27.7 Å². The number of fused-ring (bicyclic) bond motifs is 4. The monoisotopic (exact) mass is 360 g/mol. The molecule has 0 aromatic heterocycles. The van der Waals surface area contributed by atoms with Crippen LogP contribution in [0.5, 0.6) is 0 Å². The fraction of sp³-hybridized carbons (Fsp3) is 0.857. The lowest BCUT2D eigenvalue weighted by Crippen LogP contribution is -2.72. The molecular weight excluding hydrogens is 332 g/mol. The molecule has 5 heteroatoms. The van der Waals surface area contributed by atoms with Crippen LogP contribution in [0.1, 0.15) is 47.0 Å². The van der Waals surface area contributed by atoms with Crippen LogP contribution in [0.2, 0.25) is 0 Å². The van der Waals surface area contributed by atoms with Crippen molar-refractivity contribution in [1.29, 1.82) is 0 Å². The van der Waals surface area contributed by atoms with Crippen molar-refractivity contribution < 1.29 is 24.1 Å². The van der Waals surface area contributed by atoms with Crippen molar-refractivity contribution in [3.63, 3.8) is 0 Å². The number of carbonyl (C=O) groups excluding carboxylic acids is 1. The maximum Gasteiger partial charge on any atom is 0.334 e. The van der Waals surface area contributed by atoms with Gasteiger partial charge in [0.15, 0.2) is 0 Å². The normalized spacial score (nSPS) is 59.1. The molecule has 0 radical (unpaired) electrons. The molecule has 0 unspecified atom stereocenters. The van der Waals surface area contributed by atoms with Gasteiger partial charge >= 0.3 is 5.97 Å². The third kappa shape index (κ3) is 1.33. The quantitative estimate of drug-likeness (QED) is 0.574. The van der Waals surface area contributed by atoms with E-state index in [1.165, 1.54) is 0 Å². The number of hydrogen-bond donors (Lipinski definition) is 1. The summed E-state index contributed by atoms with van der Waals surface area (Å²) in [5, 5.41) is 11.5. The maximum atomic E-state index is 12.1. The maximum absolute atomic E-state index is 12.1. The molecule has 5 nitrogen and oxygen atoms in total. The number of esters is 1. The summed E-state index contributed by atoms with van der Waals surface area (Å²) in [4.78, 5) is 12.1. The fourth-order valence-corrected chi connectivity index (χ4v) is 7.82. The number of hydrogen-bond acceptors (Lipinski definition) is 5. The average Bonchev–Trinajstić information content (AvgIpc) is 3.46. The zero-order valence-electron chi connectivity index (χ0n) is 16.0. The minimum absolute atomic E-state index is 0.0614. The number of ether oxygens (including phenoxy) is 3. The van der Waals surface area contributed by atoms with E-state index in [0.29, 0.717) is 25.0 Å². The molecule has 1 N–H and O–H groups in total. The lowest BCUT2D eigenvalue weighted by molar-refractivity contribution is -0.259. The van der Waals surface area contributed by atoms with Crippen molar-refractivity contribution in [2.75, 3.05) is 13.2 Å². The minimum Gasteiger partial charge on any atom is -0.458 e. The third-order valence-electron chi connectivity index (χ3n) is 9.44. The summed E-state index contributed by atoms with van der Waals surface area (Å²) in [6.07, 6.45) is 2.35. The van der Waals surface area contributed by atoms with Gasteiger partial charge in [-0.3, -0.25) is 0 Å². The summed E-state index contributed by atoms with van der Waals surface area (Å²) in [5.74, 6) is 0.845. The van der Waals surface area contributed by atoms with E-state index in [1.807, 2.05) is 0 Å². The first-order chi connectivity index (χ1) is 12.2. The molecule has 2 saturated heterocycles. The van der Waals surface area contributed by atoms with Crippen molar-refractivity contribution in [2.24, 2.45) is 28.6 Å². The molecule has 6 aliphatic rings. The standard InChI is InChI=1S/C21H28O5/c1-10(2)20-7-13(20)15-21(26-15)18(3)6-5-11-12(8-24-16(11)22)14(18)9-25-19(21,4)17(20)23/h10,13-15,17,23H,5-9H2,1-4H3/t13-,14-,15-,17-,18-,19+,20+,21+/m0/s1. The van der Waals surface area contributed by atoms with Gasteiger partial charge in [-0.15, -0.1) is 0 Å². The molecule has 3 heterocycles. The lowest BCUT2D eigenvalue weighted by Gasteiger charge is -2.60. The number of epoxide rings is 1. The average molecular weight is 360 g/mol. The van der Waals surface area contributed by atoms with Crippen molar-refractivity contribution in [3.05, 3.63) is 11.1 Å². The SMILES string of the molecule is CC(C)[C@]12C[C@H]1[C@@H]1O[C@@]13[C@@]1(C)CCC4=C(COC4=O)[C@@H]1CO[C@]3(C)[C@@H]2O. The fourth-order valence-electron chi connectivity index (χ4n) is 7.82. The Hall–Kier alpha value is -0.910. The minimum atomic E-state index is -0.679. The van der Waals surface area contributed by atoms with Gasteiger partial charge in [-0.2, -0.15) is 0 Å². The molecular formula is C21H28O5. The van der Waals surface area contributed by atoms with Crippen LogP contribution in [-0.2, 0) is 19.0 Å². The molecule has 8 atom stereocenters. The van der Waals surface area contributed by atoms with E-state index in [-0.39, 0.29) is 28.8 Å². The molecule has 6 rings (SSSR count). The molecule has 0 amide bonds. The van der Waals surface area contributed by atoms with Gasteiger partial charge in [0, 0.05) is 22.3 Å². The third-order valence-corrected chi connectivity index (χ3v) is 9.44. The van der Waals surface area contributed by atoms with Gasteiger partial charge in [0.25, 0.3) is 0 Å². The van der Waals surface area contributed by atoms with Gasteiger partial charge in [0.05, 0.1) is 18.8 Å². The van der Waals surface area contributed by atoms with Gasteiger partial charge < -0.3 is 19.3 Å². The second kappa shape index (κ2) is 4.23. The number of aliphatic hydroxyl groups is 1. The van der Waals surface area contributed by atoms with Gasteiger partial charge in [-0.05, 0) is 43.6 Å². The van der Waals surface area contributed by atoms with Crippen LogP contribution in [0.15, 0.2) is 11.1 Å². The molecule has 3 aliphatic carbocycles. The van der Waals surface area contributed by atoms with E-state index < -0.39 is 17.3 Å². The Morgan fingerprint density at radius 3 is 2.77 bits per heavy atom. The predicted octanol–water partition coefficient (Wildman–Crippen LogP) is 2.22. The van der Waals surface area contributed by atoms with Crippen LogP contribution >= 0.6 is 0 Å². The van der Waals surface area contributed by atoms with Crippen molar-refractivity contribution in [1.82, 2.24) is 0 Å². The Morgan fingerprint density at radius 2 is 2.04 bits per heavy atom. The number of aliphatic hydroxyl groups excluding tert-OH is 1. The van der Waals surface area contributed by atoms with Crippen LogP contribution in [0, 0.1) is 28.6 Å². The summed E-state index contributed by atoms with van der Waals surface area (Å²) < 4.78 is 18.4. The Morgan fingerprint density at radius 1 is 1.27 bits per heavy atom. The number of rotatable bonds is 1. The van der Waals surface area contributed by atoms with Crippen LogP contribution in [0.3, 0.4) is 0 Å². The molecule has 1 spiro atoms. The topological polar surface area (TPSA) is 68.3 Å². The van der Waals surface area contributed by atoms with E-state index in [1.54, 1.807) is 0 Å². The Kier molecular flexibility index (Phi) is 2.62. The molecule has 2 saturated carbocycles. The highest BCUT2D eigenvalue weighted by Gasteiger charge is 2.91. The first kappa shape index (κ1) is 16.1. The van der Waals surface area contributed by atoms with E-state index in [0.717, 1.165) is 30.4 Å². The zero-order valence-corrected chi connectivity index (χ0v) is 16.0. The molecule has 0 bridgehead atoms. The number of carbonyl (C=O) groups is 1. The van der Waals surface area contributed by atoms with Crippen LogP contribution in [0.4, 0.5) is 0 Å². The van der Waals surface area contributed by atoms with Gasteiger partial charge in [0.2, 0.25) is 0 Å². The summed E-state index contributed by atoms with van der Waals surface area (Å²) in [7, 11) is 0. The highest BCUT2D eigenvalue weighted by molar-refractivity contribution is 5.92. The van der Waals surface area contributed by atoms with Crippen LogP contribution in [0.25, 0.3) is 0 Å². The lowest BCUT2D eigenvalue weighted by atomic mass is 9.49. The van der Waals surface area contributed by atoms with Gasteiger partial charge in [0.1, 0.15) is 17.8 Å². The van der Waals surface area contributed by atoms with E-state index >= 15 is 0 Å².